The van der Waals surface area contributed by atoms with E-state index >= 15 is 0 Å². The number of thiocarbonyl (C=S) groups is 1. The molecule has 1 aliphatic rings. The molecular weight excluding hydrogens is 322 g/mol. The van der Waals surface area contributed by atoms with Gasteiger partial charge in [-0.25, -0.2) is 0 Å². The summed E-state index contributed by atoms with van der Waals surface area (Å²) in [6.07, 6.45) is -0.646. The summed E-state index contributed by atoms with van der Waals surface area (Å²) >= 11 is 4.83. The van der Waals surface area contributed by atoms with Crippen molar-refractivity contribution in [1.29, 1.82) is 0 Å². The predicted octanol–water partition coefficient (Wildman–Crippen LogP) is 3.94. The Kier molecular flexibility index (Phi) is 4.64. The molecule has 0 aromatic heterocycles. The average Bonchev–Trinajstić information content (AvgIpc) is 2.86. The molecule has 0 aliphatic carbocycles. The average molecular weight is 341 g/mol. The number of benzene rings is 2. The fraction of sp³-hybridized carbons (Fsp3) is 0.263. The minimum atomic E-state index is -0.823. The number of hydrogen-bond donors (Lipinski definition) is 0. The van der Waals surface area contributed by atoms with Gasteiger partial charge in [-0.2, -0.15) is 0 Å². The van der Waals surface area contributed by atoms with Gasteiger partial charge in [-0.3, -0.25) is 9.69 Å². The summed E-state index contributed by atoms with van der Waals surface area (Å²) in [4.78, 5) is 14.9. The first-order valence-electron chi connectivity index (χ1n) is 7.75. The summed E-state index contributed by atoms with van der Waals surface area (Å²) in [6.45, 7) is 3.72. The van der Waals surface area contributed by atoms with Gasteiger partial charge < -0.3 is 9.47 Å². The Morgan fingerprint density at radius 3 is 2.29 bits per heavy atom. The lowest BCUT2D eigenvalue weighted by Gasteiger charge is -2.33. The zero-order valence-corrected chi connectivity index (χ0v) is 14.4. The lowest BCUT2D eigenvalue weighted by atomic mass is 10.0. The first kappa shape index (κ1) is 16.6. The van der Waals surface area contributed by atoms with Crippen LogP contribution < -0.4 is 0 Å². The van der Waals surface area contributed by atoms with Crippen molar-refractivity contribution in [2.45, 2.75) is 31.9 Å². The van der Waals surface area contributed by atoms with Gasteiger partial charge in [0.25, 0.3) is 5.91 Å². The van der Waals surface area contributed by atoms with E-state index in [1.807, 2.05) is 62.4 Å². The highest BCUT2D eigenvalue weighted by Gasteiger charge is 2.51. The summed E-state index contributed by atoms with van der Waals surface area (Å²) in [6, 6.07) is 18.5. The number of carbonyl (C=O) groups is 1. The second-order valence-corrected chi connectivity index (χ2v) is 6.25. The van der Waals surface area contributed by atoms with E-state index in [1.54, 1.807) is 17.0 Å². The molecule has 2 aromatic carbocycles. The topological polar surface area (TPSA) is 38.8 Å². The summed E-state index contributed by atoms with van der Waals surface area (Å²) in [5, 5.41) is 0. The third-order valence-corrected chi connectivity index (χ3v) is 4.20. The Bertz CT molecular complexity index is 718. The summed E-state index contributed by atoms with van der Waals surface area (Å²) in [5.74, 6) is -0.107. The third-order valence-electron chi connectivity index (χ3n) is 4.09. The van der Waals surface area contributed by atoms with Crippen molar-refractivity contribution in [2.24, 2.45) is 0 Å². The minimum Gasteiger partial charge on any atom is -0.458 e. The van der Waals surface area contributed by atoms with Crippen LogP contribution in [-0.4, -0.2) is 28.4 Å². The highest BCUT2D eigenvalue weighted by Crippen LogP contribution is 2.42. The van der Waals surface area contributed by atoms with Crippen LogP contribution in [-0.2, 0) is 9.47 Å². The molecule has 1 fully saturated rings. The van der Waals surface area contributed by atoms with Crippen molar-refractivity contribution in [2.75, 3.05) is 0 Å². The van der Waals surface area contributed by atoms with Gasteiger partial charge in [0.15, 0.2) is 0 Å². The summed E-state index contributed by atoms with van der Waals surface area (Å²) in [7, 11) is 0. The predicted molar refractivity (Wildman–Crippen MR) is 95.5 cm³/mol. The number of amides is 1. The van der Waals surface area contributed by atoms with Crippen LogP contribution in [0.5, 0.6) is 0 Å². The first-order valence-corrected chi connectivity index (χ1v) is 8.22. The molecule has 2 aromatic rings. The molecule has 0 spiro atoms. The van der Waals surface area contributed by atoms with Gasteiger partial charge in [0.1, 0.15) is 17.3 Å². The van der Waals surface area contributed by atoms with Crippen LogP contribution in [0.3, 0.4) is 0 Å². The molecule has 1 amide bonds. The molecule has 0 saturated carbocycles. The van der Waals surface area contributed by atoms with Gasteiger partial charge >= 0.3 is 0 Å². The van der Waals surface area contributed by atoms with Crippen molar-refractivity contribution in [3.63, 3.8) is 0 Å². The van der Waals surface area contributed by atoms with Crippen LogP contribution in [0.15, 0.2) is 60.7 Å². The van der Waals surface area contributed by atoms with Gasteiger partial charge in [-0.05, 0) is 43.8 Å². The molecular formula is C19H19NO3S. The van der Waals surface area contributed by atoms with Crippen molar-refractivity contribution in [3.05, 3.63) is 71.8 Å². The third kappa shape index (κ3) is 3.05. The Balaban J connectivity index is 2.05. The Hall–Kier alpha value is -2.24. The molecule has 3 rings (SSSR count). The first-order chi connectivity index (χ1) is 11.5. The number of hydrogen-bond acceptors (Lipinski definition) is 4. The lowest BCUT2D eigenvalue weighted by molar-refractivity contribution is -0.128. The molecule has 2 atom stereocenters. The van der Waals surface area contributed by atoms with Crippen LogP contribution >= 0.6 is 12.2 Å². The molecule has 1 saturated heterocycles. The molecule has 24 heavy (non-hydrogen) atoms. The van der Waals surface area contributed by atoms with E-state index in [-0.39, 0.29) is 11.9 Å². The van der Waals surface area contributed by atoms with Gasteiger partial charge in [0.2, 0.25) is 6.29 Å². The molecule has 1 aliphatic heterocycles. The van der Waals surface area contributed by atoms with E-state index in [1.165, 1.54) is 5.55 Å². The van der Waals surface area contributed by atoms with E-state index in [4.69, 9.17) is 21.7 Å². The Morgan fingerprint density at radius 1 is 1.12 bits per heavy atom. The van der Waals surface area contributed by atoms with Crippen LogP contribution in [0, 0.1) is 0 Å². The number of nitrogens with zero attached hydrogens (tertiary/aromatic N) is 1. The van der Waals surface area contributed by atoms with Gasteiger partial charge in [-0.15, -0.1) is 0 Å². The molecule has 0 unspecified atom stereocenters. The zero-order chi connectivity index (χ0) is 17.2. The fourth-order valence-corrected chi connectivity index (χ4v) is 3.18. The van der Waals surface area contributed by atoms with Crippen molar-refractivity contribution in [1.82, 2.24) is 4.90 Å². The minimum absolute atomic E-state index is 0.107. The number of ether oxygens (including phenoxy) is 2. The largest absolute Gasteiger partial charge is 0.458 e. The SMILES string of the molecule is CC1(C)O[C@H](OC=S)[C@H](c2ccccc2)N1C(=O)c1ccccc1. The maximum atomic E-state index is 13.2. The molecule has 0 bridgehead atoms. The Labute approximate surface area is 147 Å². The fourth-order valence-electron chi connectivity index (χ4n) is 3.07. The van der Waals surface area contributed by atoms with E-state index < -0.39 is 12.0 Å². The quantitative estimate of drug-likeness (QED) is 0.790. The molecule has 0 radical (unpaired) electrons. The van der Waals surface area contributed by atoms with Gasteiger partial charge in [0, 0.05) is 5.56 Å². The van der Waals surface area contributed by atoms with Crippen molar-refractivity contribution < 1.29 is 14.3 Å². The maximum Gasteiger partial charge on any atom is 0.256 e. The zero-order valence-electron chi connectivity index (χ0n) is 13.6. The maximum absolute atomic E-state index is 13.2. The number of carbonyl (C=O) groups excluding carboxylic acids is 1. The molecule has 0 N–H and O–H groups in total. The smallest absolute Gasteiger partial charge is 0.256 e. The van der Waals surface area contributed by atoms with E-state index in [0.717, 1.165) is 5.56 Å². The highest BCUT2D eigenvalue weighted by molar-refractivity contribution is 7.78. The van der Waals surface area contributed by atoms with Crippen LogP contribution in [0.2, 0.25) is 0 Å². The van der Waals surface area contributed by atoms with Crippen LogP contribution in [0.1, 0.15) is 35.8 Å². The molecule has 124 valence electrons. The van der Waals surface area contributed by atoms with E-state index in [9.17, 15) is 4.79 Å². The highest BCUT2D eigenvalue weighted by atomic mass is 32.1. The lowest BCUT2D eigenvalue weighted by Crippen LogP contribution is -2.44. The standard InChI is InChI=1S/C19H19NO3S/c1-19(2)20(17(21)15-11-7-4-8-12-15)16(18(23-19)22-13-24)14-9-5-3-6-10-14/h3-13,16,18H,1-2H3/t16-,18-/m0/s1. The summed E-state index contributed by atoms with van der Waals surface area (Å²) < 4.78 is 11.5. The van der Waals surface area contributed by atoms with Crippen molar-refractivity contribution in [3.8, 4) is 0 Å². The second-order valence-electron chi connectivity index (χ2n) is 6.06. The Morgan fingerprint density at radius 2 is 1.71 bits per heavy atom. The van der Waals surface area contributed by atoms with Crippen molar-refractivity contribution >= 4 is 23.7 Å². The molecule has 5 heteroatoms. The summed E-state index contributed by atoms with van der Waals surface area (Å²) in [5.41, 5.74) is 1.91. The molecule has 4 nitrogen and oxygen atoms in total. The van der Waals surface area contributed by atoms with E-state index in [2.05, 4.69) is 0 Å². The van der Waals surface area contributed by atoms with Gasteiger partial charge in [-0.1, -0.05) is 48.5 Å². The van der Waals surface area contributed by atoms with Crippen LogP contribution in [0.25, 0.3) is 0 Å². The van der Waals surface area contributed by atoms with E-state index in [0.29, 0.717) is 5.56 Å². The molecule has 1 heterocycles. The van der Waals surface area contributed by atoms with Gasteiger partial charge in [0.05, 0.1) is 0 Å². The van der Waals surface area contributed by atoms with Crippen LogP contribution in [0.4, 0.5) is 0 Å². The monoisotopic (exact) mass is 341 g/mol. The second kappa shape index (κ2) is 6.71. The normalized spacial score (nSPS) is 22.2. The number of rotatable bonds is 4.